The van der Waals surface area contributed by atoms with Gasteiger partial charge in [-0.05, 0) is 43.7 Å². The van der Waals surface area contributed by atoms with E-state index in [0.29, 0.717) is 35.1 Å². The van der Waals surface area contributed by atoms with Crippen molar-refractivity contribution < 1.29 is 28.6 Å². The van der Waals surface area contributed by atoms with E-state index in [9.17, 15) is 14.7 Å². The minimum atomic E-state index is -0.759. The number of hydrogen-bond acceptors (Lipinski definition) is 6. The van der Waals surface area contributed by atoms with Gasteiger partial charge < -0.3 is 23.9 Å². The Bertz CT molecular complexity index is 973. The zero-order valence-corrected chi connectivity index (χ0v) is 15.7. The van der Waals surface area contributed by atoms with E-state index in [1.54, 1.807) is 37.3 Å². The molecule has 4 rings (SSSR count). The Morgan fingerprint density at radius 2 is 1.96 bits per heavy atom. The van der Waals surface area contributed by atoms with Gasteiger partial charge in [0.1, 0.15) is 23.3 Å². The van der Waals surface area contributed by atoms with Crippen LogP contribution in [0.5, 0.6) is 11.5 Å². The van der Waals surface area contributed by atoms with Crippen molar-refractivity contribution in [2.45, 2.75) is 32.7 Å². The fraction of sp³-hybridized carbons (Fsp3) is 0.333. The summed E-state index contributed by atoms with van der Waals surface area (Å²) in [5, 5.41) is 11.0. The number of carbonyl (C=O) groups excluding carboxylic acids is 2. The van der Waals surface area contributed by atoms with Gasteiger partial charge in [-0.3, -0.25) is 9.59 Å². The van der Waals surface area contributed by atoms with Crippen molar-refractivity contribution in [2.75, 3.05) is 13.3 Å². The van der Waals surface area contributed by atoms with Gasteiger partial charge in [0.05, 0.1) is 5.57 Å². The molecule has 1 N–H and O–H groups in total. The number of ketones is 1. The number of likely N-dealkylation sites (tertiary alicyclic amines) is 1. The summed E-state index contributed by atoms with van der Waals surface area (Å²) in [5.41, 5.74) is 0.403. The number of aliphatic hydroxyl groups is 1. The first-order valence-electron chi connectivity index (χ1n) is 9.26. The van der Waals surface area contributed by atoms with E-state index < -0.39 is 17.7 Å². The Kier molecular flexibility index (Phi) is 4.58. The van der Waals surface area contributed by atoms with Gasteiger partial charge in [-0.15, -0.1) is 0 Å². The normalized spacial score (nSPS) is 20.2. The molecular weight excluding hydrogens is 362 g/mol. The number of amides is 1. The van der Waals surface area contributed by atoms with Gasteiger partial charge in [-0.1, -0.05) is 13.3 Å². The highest BCUT2D eigenvalue weighted by Crippen LogP contribution is 2.41. The molecule has 146 valence electrons. The summed E-state index contributed by atoms with van der Waals surface area (Å²) in [4.78, 5) is 27.0. The van der Waals surface area contributed by atoms with Crippen LogP contribution in [-0.2, 0) is 9.59 Å². The van der Waals surface area contributed by atoms with Crippen molar-refractivity contribution in [3.05, 3.63) is 53.0 Å². The van der Waals surface area contributed by atoms with Crippen LogP contribution in [0.4, 0.5) is 0 Å². The molecule has 0 spiro atoms. The Hall–Kier alpha value is -3.22. The van der Waals surface area contributed by atoms with Gasteiger partial charge >= 0.3 is 0 Å². The van der Waals surface area contributed by atoms with E-state index >= 15 is 0 Å². The van der Waals surface area contributed by atoms with Gasteiger partial charge in [0, 0.05) is 12.1 Å². The number of furan rings is 1. The molecule has 0 aliphatic carbocycles. The fourth-order valence-corrected chi connectivity index (χ4v) is 3.53. The quantitative estimate of drug-likeness (QED) is 0.483. The van der Waals surface area contributed by atoms with Crippen LogP contribution in [0.3, 0.4) is 0 Å². The predicted octanol–water partition coefficient (Wildman–Crippen LogP) is 3.54. The van der Waals surface area contributed by atoms with Gasteiger partial charge in [-0.2, -0.15) is 0 Å². The highest BCUT2D eigenvalue weighted by molar-refractivity contribution is 6.46. The topological polar surface area (TPSA) is 89.2 Å². The van der Waals surface area contributed by atoms with Crippen LogP contribution >= 0.6 is 0 Å². The van der Waals surface area contributed by atoms with Crippen molar-refractivity contribution in [3.8, 4) is 11.5 Å². The molecule has 7 nitrogen and oxygen atoms in total. The van der Waals surface area contributed by atoms with Crippen molar-refractivity contribution in [1.82, 2.24) is 4.90 Å². The lowest BCUT2D eigenvalue weighted by Crippen LogP contribution is -2.30. The Morgan fingerprint density at radius 3 is 2.68 bits per heavy atom. The van der Waals surface area contributed by atoms with Crippen LogP contribution in [-0.4, -0.2) is 35.0 Å². The average molecular weight is 383 g/mol. The molecule has 2 aromatic rings. The molecule has 2 aliphatic heterocycles. The van der Waals surface area contributed by atoms with Crippen molar-refractivity contribution in [1.29, 1.82) is 0 Å². The molecule has 1 atom stereocenters. The summed E-state index contributed by atoms with van der Waals surface area (Å²) < 4.78 is 16.4. The van der Waals surface area contributed by atoms with E-state index in [0.717, 1.165) is 12.8 Å². The summed E-state index contributed by atoms with van der Waals surface area (Å²) in [5.74, 6) is 0.567. The van der Waals surface area contributed by atoms with Crippen LogP contribution < -0.4 is 9.47 Å². The first-order chi connectivity index (χ1) is 13.5. The maximum atomic E-state index is 12.8. The molecule has 0 radical (unpaired) electrons. The third-order valence-electron chi connectivity index (χ3n) is 4.97. The van der Waals surface area contributed by atoms with Gasteiger partial charge in [0.15, 0.2) is 11.5 Å². The fourth-order valence-electron chi connectivity index (χ4n) is 3.53. The minimum Gasteiger partial charge on any atom is -0.507 e. The first-order valence-corrected chi connectivity index (χ1v) is 9.26. The SMILES string of the molecule is CCCCN1C(=O)C(=O)/C(=C(\O)c2ccc3c(c2)OCO3)C1c1ccc(C)o1. The minimum absolute atomic E-state index is 0.0225. The number of hydrogen-bond donors (Lipinski definition) is 1. The molecular formula is C21H21NO6. The number of rotatable bonds is 5. The number of benzene rings is 1. The molecule has 1 aromatic carbocycles. The third-order valence-corrected chi connectivity index (χ3v) is 4.97. The Morgan fingerprint density at radius 1 is 1.18 bits per heavy atom. The number of nitrogens with zero attached hydrogens (tertiary/aromatic N) is 1. The van der Waals surface area contributed by atoms with Gasteiger partial charge in [0.25, 0.3) is 11.7 Å². The highest BCUT2D eigenvalue weighted by atomic mass is 16.7. The third kappa shape index (κ3) is 2.93. The first kappa shape index (κ1) is 18.2. The zero-order chi connectivity index (χ0) is 19.8. The van der Waals surface area contributed by atoms with Gasteiger partial charge in [-0.25, -0.2) is 0 Å². The maximum absolute atomic E-state index is 12.8. The smallest absolute Gasteiger partial charge is 0.295 e. The molecule has 7 heteroatoms. The summed E-state index contributed by atoms with van der Waals surface area (Å²) in [6.45, 7) is 4.31. The highest BCUT2D eigenvalue weighted by Gasteiger charge is 2.47. The van der Waals surface area contributed by atoms with E-state index in [1.807, 2.05) is 6.92 Å². The number of aliphatic hydroxyl groups excluding tert-OH is 1. The summed E-state index contributed by atoms with van der Waals surface area (Å²) in [6.07, 6.45) is 1.61. The van der Waals surface area contributed by atoms with E-state index in [-0.39, 0.29) is 18.1 Å². The van der Waals surface area contributed by atoms with Crippen LogP contribution in [0.25, 0.3) is 5.76 Å². The summed E-state index contributed by atoms with van der Waals surface area (Å²) in [7, 11) is 0. The largest absolute Gasteiger partial charge is 0.507 e. The number of Topliss-reactive ketones (excluding diaryl/α,β-unsaturated/α-hetero) is 1. The number of carbonyl (C=O) groups is 2. The maximum Gasteiger partial charge on any atom is 0.295 e. The molecule has 2 aliphatic rings. The molecule has 1 saturated heterocycles. The number of aryl methyl sites for hydroxylation is 1. The number of fused-ring (bicyclic) bond motifs is 1. The van der Waals surface area contributed by atoms with Crippen LogP contribution in [0, 0.1) is 6.92 Å². The second-order valence-electron chi connectivity index (χ2n) is 6.86. The summed E-state index contributed by atoms with van der Waals surface area (Å²) in [6, 6.07) is 7.64. The van der Waals surface area contributed by atoms with E-state index in [2.05, 4.69) is 0 Å². The molecule has 0 bridgehead atoms. The monoisotopic (exact) mass is 383 g/mol. The molecule has 0 saturated carbocycles. The molecule has 1 fully saturated rings. The number of ether oxygens (including phenoxy) is 2. The van der Waals surface area contributed by atoms with Gasteiger partial charge in [0.2, 0.25) is 6.79 Å². The lowest BCUT2D eigenvalue weighted by Gasteiger charge is -2.23. The van der Waals surface area contributed by atoms with Crippen LogP contribution in [0.15, 0.2) is 40.3 Å². The molecule has 1 aromatic heterocycles. The zero-order valence-electron chi connectivity index (χ0n) is 15.7. The van der Waals surface area contributed by atoms with Crippen molar-refractivity contribution in [2.24, 2.45) is 0 Å². The molecule has 28 heavy (non-hydrogen) atoms. The van der Waals surface area contributed by atoms with Crippen LogP contribution in [0.2, 0.25) is 0 Å². The molecule has 3 heterocycles. The predicted molar refractivity (Wildman–Crippen MR) is 99.9 cm³/mol. The lowest BCUT2D eigenvalue weighted by atomic mass is 9.99. The van der Waals surface area contributed by atoms with Crippen molar-refractivity contribution >= 4 is 17.4 Å². The molecule has 1 amide bonds. The van der Waals surface area contributed by atoms with Crippen molar-refractivity contribution in [3.63, 3.8) is 0 Å². The van der Waals surface area contributed by atoms with Crippen LogP contribution in [0.1, 0.15) is 42.9 Å². The number of unbranched alkanes of at least 4 members (excludes halogenated alkanes) is 1. The average Bonchev–Trinajstić information content (AvgIpc) is 3.38. The second kappa shape index (κ2) is 7.07. The van der Waals surface area contributed by atoms with E-state index in [4.69, 9.17) is 13.9 Å². The standard InChI is InChI=1S/C21H21NO6/c1-3-4-9-22-18(15-7-5-12(2)28-15)17(20(24)21(22)25)19(23)13-6-8-14-16(10-13)27-11-26-14/h5-8,10,18,23H,3-4,9,11H2,1-2H3/b19-17-. The summed E-state index contributed by atoms with van der Waals surface area (Å²) >= 11 is 0. The lowest BCUT2D eigenvalue weighted by molar-refractivity contribution is -0.140. The second-order valence-corrected chi connectivity index (χ2v) is 6.86. The molecule has 1 unspecified atom stereocenters. The van der Waals surface area contributed by atoms with E-state index in [1.165, 1.54) is 4.90 Å². The Labute approximate surface area is 162 Å². The Balaban J connectivity index is 1.83.